The molecule has 7 heteroatoms. The summed E-state index contributed by atoms with van der Waals surface area (Å²) in [5, 5.41) is 10.1. The molecule has 1 aromatic heterocycles. The molecule has 2 aliphatic heterocycles. The van der Waals surface area contributed by atoms with E-state index in [0.29, 0.717) is 17.4 Å². The number of fused-ring (bicyclic) bond motifs is 1. The monoisotopic (exact) mass is 457 g/mol. The summed E-state index contributed by atoms with van der Waals surface area (Å²) in [5.74, 6) is 2.71. The van der Waals surface area contributed by atoms with E-state index >= 15 is 0 Å². The van der Waals surface area contributed by atoms with Gasteiger partial charge in [0, 0.05) is 55.5 Å². The molecule has 3 heterocycles. The van der Waals surface area contributed by atoms with Gasteiger partial charge in [-0.1, -0.05) is 37.9 Å². The zero-order valence-corrected chi connectivity index (χ0v) is 20.3. The number of anilines is 1. The molecule has 0 amide bonds. The largest absolute Gasteiger partial charge is 0.367 e. The SMILES string of the molecule is Cn1c(SCCCN2C[C@H]3N(c4ccc(F)cc4)CC[C@@]3(C)C2)nnc1C1CCCCC1. The molecule has 32 heavy (non-hydrogen) atoms. The summed E-state index contributed by atoms with van der Waals surface area (Å²) >= 11 is 1.85. The molecule has 2 atom stereocenters. The minimum Gasteiger partial charge on any atom is -0.367 e. The average molecular weight is 458 g/mol. The second kappa shape index (κ2) is 9.34. The summed E-state index contributed by atoms with van der Waals surface area (Å²) < 4.78 is 15.6. The lowest BCUT2D eigenvalue weighted by molar-refractivity contribution is 0.276. The van der Waals surface area contributed by atoms with Gasteiger partial charge in [-0.3, -0.25) is 0 Å². The molecule has 0 unspecified atom stereocenters. The lowest BCUT2D eigenvalue weighted by atomic mass is 9.85. The van der Waals surface area contributed by atoms with Gasteiger partial charge >= 0.3 is 0 Å². The number of likely N-dealkylation sites (tertiary alicyclic amines) is 1. The molecular formula is C25H36FN5S. The summed E-state index contributed by atoms with van der Waals surface area (Å²) in [6.07, 6.45) is 8.93. The fourth-order valence-electron chi connectivity index (χ4n) is 6.13. The molecule has 174 valence electrons. The first-order chi connectivity index (χ1) is 15.5. The Morgan fingerprint density at radius 2 is 1.91 bits per heavy atom. The Kier molecular flexibility index (Phi) is 6.48. The molecule has 1 saturated carbocycles. The molecule has 1 aromatic carbocycles. The van der Waals surface area contributed by atoms with Crippen LogP contribution in [0.4, 0.5) is 10.1 Å². The normalized spacial score (nSPS) is 26.7. The van der Waals surface area contributed by atoms with Gasteiger partial charge in [0.05, 0.1) is 0 Å². The number of hydrogen-bond donors (Lipinski definition) is 0. The lowest BCUT2D eigenvalue weighted by Gasteiger charge is -2.29. The van der Waals surface area contributed by atoms with E-state index in [1.165, 1.54) is 44.3 Å². The van der Waals surface area contributed by atoms with Crippen molar-refractivity contribution in [2.75, 3.05) is 36.8 Å². The Morgan fingerprint density at radius 3 is 2.69 bits per heavy atom. The van der Waals surface area contributed by atoms with E-state index in [1.54, 1.807) is 12.1 Å². The molecule has 0 bridgehead atoms. The molecule has 2 aromatic rings. The van der Waals surface area contributed by atoms with Crippen LogP contribution in [-0.2, 0) is 7.05 Å². The highest BCUT2D eigenvalue weighted by molar-refractivity contribution is 7.99. The molecule has 0 N–H and O–H groups in total. The molecule has 1 aliphatic carbocycles. The summed E-state index contributed by atoms with van der Waals surface area (Å²) in [5.41, 5.74) is 1.49. The Labute approximate surface area is 195 Å². The van der Waals surface area contributed by atoms with E-state index < -0.39 is 0 Å². The predicted octanol–water partition coefficient (Wildman–Crippen LogP) is 5.08. The molecule has 2 saturated heterocycles. The van der Waals surface area contributed by atoms with Crippen LogP contribution in [0, 0.1) is 11.2 Å². The zero-order chi connectivity index (χ0) is 22.1. The van der Waals surface area contributed by atoms with Crippen molar-refractivity contribution >= 4 is 17.4 Å². The predicted molar refractivity (Wildman–Crippen MR) is 129 cm³/mol. The van der Waals surface area contributed by atoms with Gasteiger partial charge in [-0.2, -0.15) is 0 Å². The van der Waals surface area contributed by atoms with Crippen LogP contribution in [0.25, 0.3) is 0 Å². The van der Waals surface area contributed by atoms with Crippen LogP contribution in [0.2, 0.25) is 0 Å². The van der Waals surface area contributed by atoms with Gasteiger partial charge in [-0.15, -0.1) is 10.2 Å². The van der Waals surface area contributed by atoms with Crippen LogP contribution < -0.4 is 4.90 Å². The van der Waals surface area contributed by atoms with Crippen LogP contribution in [0.5, 0.6) is 0 Å². The van der Waals surface area contributed by atoms with Crippen molar-refractivity contribution in [2.24, 2.45) is 12.5 Å². The second-order valence-corrected chi connectivity index (χ2v) is 11.3. The quantitative estimate of drug-likeness (QED) is 0.428. The molecule has 5 rings (SSSR count). The van der Waals surface area contributed by atoms with Crippen molar-refractivity contribution in [1.29, 1.82) is 0 Å². The fraction of sp³-hybridized carbons (Fsp3) is 0.680. The third kappa shape index (κ3) is 4.43. The Balaban J connectivity index is 1.11. The number of benzene rings is 1. The number of aromatic nitrogens is 3. The van der Waals surface area contributed by atoms with Gasteiger partial charge in [0.2, 0.25) is 0 Å². The van der Waals surface area contributed by atoms with E-state index in [-0.39, 0.29) is 5.82 Å². The van der Waals surface area contributed by atoms with Crippen molar-refractivity contribution in [3.05, 3.63) is 35.9 Å². The van der Waals surface area contributed by atoms with Gasteiger partial charge in [0.15, 0.2) is 5.16 Å². The van der Waals surface area contributed by atoms with Gasteiger partial charge < -0.3 is 14.4 Å². The summed E-state index contributed by atoms with van der Waals surface area (Å²) in [6, 6.07) is 7.56. The van der Waals surface area contributed by atoms with Crippen molar-refractivity contribution in [3.63, 3.8) is 0 Å². The van der Waals surface area contributed by atoms with Gasteiger partial charge in [-0.05, 0) is 56.5 Å². The first kappa shape index (κ1) is 22.2. The zero-order valence-electron chi connectivity index (χ0n) is 19.5. The van der Waals surface area contributed by atoms with Gasteiger partial charge in [0.1, 0.15) is 11.6 Å². The second-order valence-electron chi connectivity index (χ2n) is 10.3. The third-order valence-electron chi connectivity index (χ3n) is 7.97. The highest BCUT2D eigenvalue weighted by atomic mass is 32.2. The number of rotatable bonds is 7. The molecule has 0 spiro atoms. The van der Waals surface area contributed by atoms with Gasteiger partial charge in [0.25, 0.3) is 0 Å². The lowest BCUT2D eigenvalue weighted by Crippen LogP contribution is -2.37. The minimum absolute atomic E-state index is 0.157. The highest BCUT2D eigenvalue weighted by Gasteiger charge is 2.49. The number of hydrogen-bond acceptors (Lipinski definition) is 5. The Hall–Kier alpha value is -1.60. The summed E-state index contributed by atoms with van der Waals surface area (Å²) in [4.78, 5) is 5.13. The first-order valence-corrected chi connectivity index (χ1v) is 13.3. The minimum atomic E-state index is -0.157. The first-order valence-electron chi connectivity index (χ1n) is 12.3. The molecule has 0 radical (unpaired) electrons. The summed E-state index contributed by atoms with van der Waals surface area (Å²) in [6.45, 7) is 6.90. The van der Waals surface area contributed by atoms with Crippen LogP contribution in [0.1, 0.15) is 63.6 Å². The highest BCUT2D eigenvalue weighted by Crippen LogP contribution is 2.44. The molecular weight excluding hydrogens is 421 g/mol. The van der Waals surface area contributed by atoms with Gasteiger partial charge in [-0.25, -0.2) is 4.39 Å². The third-order valence-corrected chi connectivity index (χ3v) is 9.07. The van der Waals surface area contributed by atoms with Crippen LogP contribution >= 0.6 is 11.8 Å². The van der Waals surface area contributed by atoms with Crippen LogP contribution in [0.3, 0.4) is 0 Å². The maximum Gasteiger partial charge on any atom is 0.190 e. The van der Waals surface area contributed by atoms with Crippen molar-refractivity contribution in [1.82, 2.24) is 19.7 Å². The number of nitrogens with zero attached hydrogens (tertiary/aromatic N) is 5. The van der Waals surface area contributed by atoms with Crippen molar-refractivity contribution in [2.45, 2.75) is 69.0 Å². The molecule has 3 aliphatic rings. The molecule has 3 fully saturated rings. The average Bonchev–Trinajstić information content (AvgIpc) is 3.43. The standard InChI is InChI=1S/C25H36FN5S/c1-25-13-15-31(21-11-9-20(26)10-12-21)22(25)17-30(18-25)14-6-16-32-24-28-27-23(29(24)2)19-7-4-3-5-8-19/h9-12,19,22H,3-8,13-18H2,1-2H3/t22-,25+/m1/s1. The Bertz CT molecular complexity index is 910. The Morgan fingerprint density at radius 1 is 1.12 bits per heavy atom. The van der Waals surface area contributed by atoms with E-state index in [4.69, 9.17) is 0 Å². The van der Waals surface area contributed by atoms with Crippen molar-refractivity contribution < 1.29 is 4.39 Å². The van der Waals surface area contributed by atoms with E-state index in [1.807, 2.05) is 23.9 Å². The van der Waals surface area contributed by atoms with E-state index in [9.17, 15) is 4.39 Å². The van der Waals surface area contributed by atoms with Crippen LogP contribution in [-0.4, -0.2) is 57.6 Å². The van der Waals surface area contributed by atoms with E-state index in [2.05, 4.69) is 38.5 Å². The van der Waals surface area contributed by atoms with Crippen molar-refractivity contribution in [3.8, 4) is 0 Å². The van der Waals surface area contributed by atoms with Crippen LogP contribution in [0.15, 0.2) is 29.4 Å². The fourth-order valence-corrected chi connectivity index (χ4v) is 6.97. The maximum atomic E-state index is 13.4. The smallest absolute Gasteiger partial charge is 0.190 e. The number of thioether (sulfide) groups is 1. The molecule has 5 nitrogen and oxygen atoms in total. The topological polar surface area (TPSA) is 37.2 Å². The summed E-state index contributed by atoms with van der Waals surface area (Å²) in [7, 11) is 2.14. The number of halogens is 1. The maximum absolute atomic E-state index is 13.4. The van der Waals surface area contributed by atoms with E-state index in [0.717, 1.165) is 49.2 Å².